The first-order valence-corrected chi connectivity index (χ1v) is 7.79. The number of aromatic amines is 1. The number of aromatic nitrogens is 3. The van der Waals surface area contributed by atoms with Gasteiger partial charge in [-0.15, -0.1) is 0 Å². The number of amides is 1. The molecule has 0 saturated heterocycles. The predicted octanol–water partition coefficient (Wildman–Crippen LogP) is 3.46. The fourth-order valence-electron chi connectivity index (χ4n) is 2.46. The molecular formula is C17H16ClFN4O. The van der Waals surface area contributed by atoms with Crippen molar-refractivity contribution in [3.63, 3.8) is 0 Å². The Kier molecular flexibility index (Phi) is 4.24. The highest BCUT2D eigenvalue weighted by molar-refractivity contribution is 6.30. The molecule has 2 heterocycles. The van der Waals surface area contributed by atoms with Crippen LogP contribution in [0.3, 0.4) is 0 Å². The summed E-state index contributed by atoms with van der Waals surface area (Å²) in [6.45, 7) is 3.92. The van der Waals surface area contributed by atoms with Gasteiger partial charge in [-0.05, 0) is 23.8 Å². The average molecular weight is 347 g/mol. The summed E-state index contributed by atoms with van der Waals surface area (Å²) in [6.07, 6.45) is 1.52. The largest absolute Gasteiger partial charge is 0.350 e. The maximum atomic E-state index is 14.2. The molecule has 0 spiro atoms. The number of pyridine rings is 1. The number of hydrogen-bond acceptors (Lipinski definition) is 3. The number of halogens is 2. The molecule has 124 valence electrons. The number of nitrogens with one attached hydrogen (secondary N) is 2. The highest BCUT2D eigenvalue weighted by Crippen LogP contribution is 2.29. The Hall–Kier alpha value is -2.47. The second kappa shape index (κ2) is 6.20. The van der Waals surface area contributed by atoms with Gasteiger partial charge in [0.25, 0.3) is 5.91 Å². The molecule has 0 aliphatic heterocycles. The Bertz CT molecular complexity index is 906. The molecule has 5 nitrogen and oxygen atoms in total. The lowest BCUT2D eigenvalue weighted by atomic mass is 9.84. The molecule has 2 aromatic heterocycles. The summed E-state index contributed by atoms with van der Waals surface area (Å²) < 4.78 is 14.2. The van der Waals surface area contributed by atoms with Crippen molar-refractivity contribution < 1.29 is 9.18 Å². The summed E-state index contributed by atoms with van der Waals surface area (Å²) in [5.41, 5.74) is 1.32. The normalized spacial score (nSPS) is 11.7. The maximum absolute atomic E-state index is 14.2. The van der Waals surface area contributed by atoms with Crippen LogP contribution in [0.2, 0.25) is 5.02 Å². The third kappa shape index (κ3) is 3.10. The third-order valence-electron chi connectivity index (χ3n) is 3.89. The molecule has 0 aliphatic carbocycles. The molecule has 0 radical (unpaired) electrons. The van der Waals surface area contributed by atoms with Crippen LogP contribution in [0, 0.1) is 5.82 Å². The Morgan fingerprint density at radius 1 is 1.33 bits per heavy atom. The lowest BCUT2D eigenvalue weighted by Gasteiger charge is -2.26. The van der Waals surface area contributed by atoms with E-state index in [1.807, 2.05) is 13.8 Å². The Balaban J connectivity index is 1.76. The van der Waals surface area contributed by atoms with Crippen LogP contribution in [0.25, 0.3) is 11.2 Å². The number of rotatable bonds is 4. The van der Waals surface area contributed by atoms with Gasteiger partial charge in [0.15, 0.2) is 5.65 Å². The zero-order valence-corrected chi connectivity index (χ0v) is 14.0. The van der Waals surface area contributed by atoms with Crippen LogP contribution in [-0.4, -0.2) is 27.4 Å². The van der Waals surface area contributed by atoms with Gasteiger partial charge in [-0.2, -0.15) is 0 Å². The van der Waals surface area contributed by atoms with Crippen molar-refractivity contribution in [3.05, 3.63) is 58.8 Å². The Morgan fingerprint density at radius 3 is 2.92 bits per heavy atom. The minimum Gasteiger partial charge on any atom is -0.350 e. The van der Waals surface area contributed by atoms with Gasteiger partial charge in [-0.3, -0.25) is 4.79 Å². The summed E-state index contributed by atoms with van der Waals surface area (Å²) in [5.74, 6) is -0.801. The number of fused-ring (bicyclic) bond motifs is 1. The first kappa shape index (κ1) is 16.4. The number of benzene rings is 1. The second-order valence-electron chi connectivity index (χ2n) is 6.14. The van der Waals surface area contributed by atoms with Crippen LogP contribution in [0.4, 0.5) is 4.39 Å². The zero-order valence-electron chi connectivity index (χ0n) is 13.2. The lowest BCUT2D eigenvalue weighted by molar-refractivity contribution is 0.0940. The van der Waals surface area contributed by atoms with E-state index in [-0.39, 0.29) is 23.2 Å². The predicted molar refractivity (Wildman–Crippen MR) is 90.7 cm³/mol. The van der Waals surface area contributed by atoms with Gasteiger partial charge in [0.2, 0.25) is 0 Å². The minimum absolute atomic E-state index is 0.0672. The van der Waals surface area contributed by atoms with Gasteiger partial charge in [-0.1, -0.05) is 37.6 Å². The van der Waals surface area contributed by atoms with Gasteiger partial charge in [0.1, 0.15) is 11.5 Å². The standard InChI is InChI=1S/C17H16ClFN4O/c1-17(2,10-4-3-5-11(18)14(10)19)8-20-16(24)13-7-6-12-15(23-13)22-9-21-12/h3-7,9H,8H2,1-2H3,(H,20,24)(H,21,22,23). The molecular weight excluding hydrogens is 331 g/mol. The van der Waals surface area contributed by atoms with Gasteiger partial charge < -0.3 is 10.3 Å². The van der Waals surface area contributed by atoms with Gasteiger partial charge in [0, 0.05) is 12.0 Å². The molecule has 0 unspecified atom stereocenters. The van der Waals surface area contributed by atoms with Crippen molar-refractivity contribution in [2.75, 3.05) is 6.54 Å². The topological polar surface area (TPSA) is 70.7 Å². The molecule has 0 atom stereocenters. The molecule has 1 amide bonds. The number of carbonyl (C=O) groups is 1. The van der Waals surface area contributed by atoms with Crippen molar-refractivity contribution in [1.82, 2.24) is 20.3 Å². The Labute approximate surface area is 143 Å². The van der Waals surface area contributed by atoms with Gasteiger partial charge >= 0.3 is 0 Å². The average Bonchev–Trinajstić information content (AvgIpc) is 3.02. The van der Waals surface area contributed by atoms with E-state index >= 15 is 0 Å². The van der Waals surface area contributed by atoms with E-state index < -0.39 is 11.2 Å². The van der Waals surface area contributed by atoms with E-state index in [2.05, 4.69) is 20.3 Å². The number of nitrogens with zero attached hydrogens (tertiary/aromatic N) is 2. The highest BCUT2D eigenvalue weighted by Gasteiger charge is 2.26. The SMILES string of the molecule is CC(C)(CNC(=O)c1ccc2[nH]cnc2n1)c1cccc(Cl)c1F. The summed E-state index contributed by atoms with van der Waals surface area (Å²) in [7, 11) is 0. The first-order chi connectivity index (χ1) is 11.4. The molecule has 3 rings (SSSR count). The molecule has 0 fully saturated rings. The van der Waals surface area contributed by atoms with E-state index in [1.54, 1.807) is 24.3 Å². The summed E-state index contributed by atoms with van der Waals surface area (Å²) in [4.78, 5) is 23.4. The lowest BCUT2D eigenvalue weighted by Crippen LogP contribution is -2.37. The minimum atomic E-state index is -0.624. The number of H-pyrrole nitrogens is 1. The van der Waals surface area contributed by atoms with E-state index in [1.165, 1.54) is 12.4 Å². The smallest absolute Gasteiger partial charge is 0.270 e. The molecule has 1 aromatic carbocycles. The Morgan fingerprint density at radius 2 is 2.12 bits per heavy atom. The number of imidazole rings is 1. The molecule has 0 saturated carbocycles. The van der Waals surface area contributed by atoms with Gasteiger partial charge in [-0.25, -0.2) is 14.4 Å². The number of carbonyl (C=O) groups excluding carboxylic acids is 1. The summed E-state index contributed by atoms with van der Waals surface area (Å²) >= 11 is 5.84. The van der Waals surface area contributed by atoms with Gasteiger partial charge in [0.05, 0.1) is 16.9 Å². The molecule has 2 N–H and O–H groups in total. The zero-order chi connectivity index (χ0) is 17.3. The van der Waals surface area contributed by atoms with Crippen LogP contribution in [0.15, 0.2) is 36.7 Å². The van der Waals surface area contributed by atoms with Crippen molar-refractivity contribution in [2.45, 2.75) is 19.3 Å². The first-order valence-electron chi connectivity index (χ1n) is 7.41. The second-order valence-corrected chi connectivity index (χ2v) is 6.55. The fraction of sp³-hybridized carbons (Fsp3) is 0.235. The van der Waals surface area contributed by atoms with E-state index in [0.29, 0.717) is 11.2 Å². The molecule has 0 aliphatic rings. The van der Waals surface area contributed by atoms with Crippen LogP contribution in [0.5, 0.6) is 0 Å². The van der Waals surface area contributed by atoms with E-state index in [0.717, 1.165) is 5.52 Å². The summed E-state index contributed by atoms with van der Waals surface area (Å²) in [6, 6.07) is 8.21. The molecule has 3 aromatic rings. The quantitative estimate of drug-likeness (QED) is 0.760. The van der Waals surface area contributed by atoms with E-state index in [9.17, 15) is 9.18 Å². The third-order valence-corrected chi connectivity index (χ3v) is 4.18. The van der Waals surface area contributed by atoms with Crippen molar-refractivity contribution in [1.29, 1.82) is 0 Å². The molecule has 0 bridgehead atoms. The van der Waals surface area contributed by atoms with Crippen molar-refractivity contribution in [2.24, 2.45) is 0 Å². The maximum Gasteiger partial charge on any atom is 0.270 e. The van der Waals surface area contributed by atoms with Crippen LogP contribution in [-0.2, 0) is 5.41 Å². The van der Waals surface area contributed by atoms with Crippen LogP contribution >= 0.6 is 11.6 Å². The van der Waals surface area contributed by atoms with Crippen LogP contribution in [0.1, 0.15) is 29.9 Å². The number of hydrogen-bond donors (Lipinski definition) is 2. The molecule has 7 heteroatoms. The van der Waals surface area contributed by atoms with E-state index in [4.69, 9.17) is 11.6 Å². The molecule has 24 heavy (non-hydrogen) atoms. The summed E-state index contributed by atoms with van der Waals surface area (Å²) in [5, 5.41) is 2.86. The van der Waals surface area contributed by atoms with Crippen molar-refractivity contribution in [3.8, 4) is 0 Å². The monoisotopic (exact) mass is 346 g/mol. The van der Waals surface area contributed by atoms with Crippen molar-refractivity contribution >= 4 is 28.7 Å². The highest BCUT2D eigenvalue weighted by atomic mass is 35.5. The van der Waals surface area contributed by atoms with Crippen LogP contribution < -0.4 is 5.32 Å². The fourth-order valence-corrected chi connectivity index (χ4v) is 2.64.